The highest BCUT2D eigenvalue weighted by Gasteiger charge is 2.32. The number of amides is 1. The summed E-state index contributed by atoms with van der Waals surface area (Å²) in [5, 5.41) is 10.8. The highest BCUT2D eigenvalue weighted by atomic mass is 35.5. The smallest absolute Gasteiger partial charge is 0.288 e. The fourth-order valence-corrected chi connectivity index (χ4v) is 2.46. The van der Waals surface area contributed by atoms with Gasteiger partial charge in [0.2, 0.25) is 0 Å². The van der Waals surface area contributed by atoms with Gasteiger partial charge in [-0.15, -0.1) is 0 Å². The molecule has 0 spiro atoms. The third kappa shape index (κ3) is 3.30. The second-order valence-electron chi connectivity index (χ2n) is 4.95. The van der Waals surface area contributed by atoms with E-state index in [9.17, 15) is 14.9 Å². The molecule has 0 aliphatic carbocycles. The molecule has 0 N–H and O–H groups in total. The molecule has 2 unspecified atom stereocenters. The first-order valence-corrected chi connectivity index (χ1v) is 7.04. The summed E-state index contributed by atoms with van der Waals surface area (Å²) in [6.45, 7) is 4.71. The third-order valence-electron chi connectivity index (χ3n) is 3.47. The molecular formula is C13H16ClN3O4. The minimum absolute atomic E-state index is 0.0282. The molecule has 0 bridgehead atoms. The van der Waals surface area contributed by atoms with Crippen molar-refractivity contribution in [3.63, 3.8) is 0 Å². The maximum Gasteiger partial charge on any atom is 0.288 e. The van der Waals surface area contributed by atoms with Crippen LogP contribution in [0.15, 0.2) is 12.3 Å². The third-order valence-corrected chi connectivity index (χ3v) is 3.77. The molecule has 7 nitrogen and oxygen atoms in total. The molecule has 1 aliphatic heterocycles. The van der Waals surface area contributed by atoms with Crippen LogP contribution in [0.25, 0.3) is 0 Å². The molecule has 1 aromatic rings. The van der Waals surface area contributed by atoms with Crippen LogP contribution < -0.4 is 0 Å². The van der Waals surface area contributed by atoms with Gasteiger partial charge in [0.25, 0.3) is 11.6 Å². The summed E-state index contributed by atoms with van der Waals surface area (Å²) < 4.78 is 5.54. The fraction of sp³-hybridized carbons (Fsp3) is 0.538. The predicted octanol–water partition coefficient (Wildman–Crippen LogP) is 2.28. The van der Waals surface area contributed by atoms with E-state index in [1.807, 2.05) is 13.8 Å². The number of ether oxygens (including phenoxy) is 1. The van der Waals surface area contributed by atoms with Crippen molar-refractivity contribution in [3.8, 4) is 0 Å². The largest absolute Gasteiger partial charge is 0.375 e. The minimum atomic E-state index is -0.598. The molecule has 0 radical (unpaired) electrons. The average Bonchev–Trinajstić information content (AvgIpc) is 2.46. The van der Waals surface area contributed by atoms with Gasteiger partial charge in [0, 0.05) is 12.6 Å². The van der Waals surface area contributed by atoms with Crippen molar-refractivity contribution >= 4 is 23.2 Å². The van der Waals surface area contributed by atoms with Crippen molar-refractivity contribution in [1.29, 1.82) is 0 Å². The van der Waals surface area contributed by atoms with Crippen LogP contribution in [0.1, 0.15) is 30.6 Å². The topological polar surface area (TPSA) is 85.6 Å². The molecule has 1 saturated heterocycles. The second kappa shape index (κ2) is 6.36. The lowest BCUT2D eigenvalue weighted by Gasteiger charge is -2.38. The first-order chi connectivity index (χ1) is 9.93. The SMILES string of the molecule is CCC1COC(C)CN1C(=O)c1cc([N+](=O)[O-])cnc1Cl. The zero-order valence-electron chi connectivity index (χ0n) is 11.8. The Balaban J connectivity index is 2.33. The van der Waals surface area contributed by atoms with Crippen molar-refractivity contribution in [2.75, 3.05) is 13.2 Å². The van der Waals surface area contributed by atoms with Gasteiger partial charge in [-0.05, 0) is 13.3 Å². The number of carbonyl (C=O) groups excluding carboxylic acids is 1. The summed E-state index contributed by atoms with van der Waals surface area (Å²) in [5.74, 6) is -0.349. The van der Waals surface area contributed by atoms with Gasteiger partial charge < -0.3 is 9.64 Å². The van der Waals surface area contributed by atoms with Crippen LogP contribution in [-0.2, 0) is 4.74 Å². The number of hydrogen-bond donors (Lipinski definition) is 0. The van der Waals surface area contributed by atoms with Crippen molar-refractivity contribution in [1.82, 2.24) is 9.88 Å². The van der Waals surface area contributed by atoms with Crippen molar-refractivity contribution in [2.24, 2.45) is 0 Å². The van der Waals surface area contributed by atoms with Crippen LogP contribution in [0.5, 0.6) is 0 Å². The number of carbonyl (C=O) groups is 1. The van der Waals surface area contributed by atoms with Gasteiger partial charge in [-0.2, -0.15) is 0 Å². The highest BCUT2D eigenvalue weighted by molar-refractivity contribution is 6.32. The minimum Gasteiger partial charge on any atom is -0.375 e. The van der Waals surface area contributed by atoms with E-state index in [1.54, 1.807) is 4.90 Å². The Hall–Kier alpha value is -1.73. The maximum atomic E-state index is 12.6. The normalized spacial score (nSPS) is 22.1. The Morgan fingerprint density at radius 3 is 3.00 bits per heavy atom. The van der Waals surface area contributed by atoms with Crippen LogP contribution in [0, 0.1) is 10.1 Å². The first-order valence-electron chi connectivity index (χ1n) is 6.66. The lowest BCUT2D eigenvalue weighted by atomic mass is 10.1. The molecule has 1 aromatic heterocycles. The Morgan fingerprint density at radius 1 is 1.67 bits per heavy atom. The monoisotopic (exact) mass is 313 g/mol. The quantitative estimate of drug-likeness (QED) is 0.485. The Kier molecular flexibility index (Phi) is 4.74. The van der Waals surface area contributed by atoms with Gasteiger partial charge >= 0.3 is 0 Å². The molecule has 0 aromatic carbocycles. The molecule has 1 amide bonds. The Morgan fingerprint density at radius 2 is 2.38 bits per heavy atom. The van der Waals surface area contributed by atoms with E-state index in [0.717, 1.165) is 12.6 Å². The summed E-state index contributed by atoms with van der Waals surface area (Å²) in [4.78, 5) is 28.2. The zero-order chi connectivity index (χ0) is 15.6. The van der Waals surface area contributed by atoms with Crippen molar-refractivity contribution in [3.05, 3.63) is 33.1 Å². The standard InChI is InChI=1S/C13H16ClN3O4/c1-3-9-7-21-8(2)6-16(9)13(18)11-4-10(17(19)20)5-15-12(11)14/h4-5,8-9H,3,6-7H2,1-2H3. The number of aromatic nitrogens is 1. The molecule has 114 valence electrons. The summed E-state index contributed by atoms with van der Waals surface area (Å²) in [5.41, 5.74) is -0.199. The van der Waals surface area contributed by atoms with Gasteiger partial charge in [0.1, 0.15) is 11.3 Å². The summed E-state index contributed by atoms with van der Waals surface area (Å²) >= 11 is 5.93. The summed E-state index contributed by atoms with van der Waals surface area (Å²) in [6, 6.07) is 1.11. The molecule has 2 atom stereocenters. The van der Waals surface area contributed by atoms with Gasteiger partial charge in [-0.3, -0.25) is 14.9 Å². The number of halogens is 1. The van der Waals surface area contributed by atoms with Crippen molar-refractivity contribution in [2.45, 2.75) is 32.4 Å². The van der Waals surface area contributed by atoms with Gasteiger partial charge in [-0.1, -0.05) is 18.5 Å². The van der Waals surface area contributed by atoms with Crippen LogP contribution >= 0.6 is 11.6 Å². The lowest BCUT2D eigenvalue weighted by molar-refractivity contribution is -0.385. The van der Waals surface area contributed by atoms with Crippen LogP contribution in [-0.4, -0.2) is 46.0 Å². The van der Waals surface area contributed by atoms with E-state index in [-0.39, 0.29) is 34.5 Å². The summed E-state index contributed by atoms with van der Waals surface area (Å²) in [7, 11) is 0. The molecule has 21 heavy (non-hydrogen) atoms. The molecule has 2 heterocycles. The Bertz CT molecular complexity index is 566. The van der Waals surface area contributed by atoms with Gasteiger partial charge in [0.15, 0.2) is 0 Å². The summed E-state index contributed by atoms with van der Waals surface area (Å²) in [6.07, 6.45) is 1.69. The molecule has 1 aliphatic rings. The zero-order valence-corrected chi connectivity index (χ0v) is 12.5. The number of rotatable bonds is 3. The molecule has 2 rings (SSSR count). The highest BCUT2D eigenvalue weighted by Crippen LogP contribution is 2.24. The fourth-order valence-electron chi connectivity index (χ4n) is 2.27. The lowest BCUT2D eigenvalue weighted by Crippen LogP contribution is -2.51. The average molecular weight is 314 g/mol. The Labute approximate surface area is 127 Å². The van der Waals surface area contributed by atoms with Crippen molar-refractivity contribution < 1.29 is 14.5 Å². The molecular weight excluding hydrogens is 298 g/mol. The number of nitrogens with zero attached hydrogens (tertiary/aromatic N) is 3. The van der Waals surface area contributed by atoms with Crippen LogP contribution in [0.4, 0.5) is 5.69 Å². The number of pyridine rings is 1. The van der Waals surface area contributed by atoms with E-state index < -0.39 is 4.92 Å². The second-order valence-corrected chi connectivity index (χ2v) is 5.31. The molecule has 8 heteroatoms. The van der Waals surface area contributed by atoms with E-state index in [0.29, 0.717) is 13.2 Å². The van der Waals surface area contributed by atoms with E-state index in [4.69, 9.17) is 16.3 Å². The maximum absolute atomic E-state index is 12.6. The van der Waals surface area contributed by atoms with Crippen LogP contribution in [0.2, 0.25) is 5.15 Å². The van der Waals surface area contributed by atoms with Crippen LogP contribution in [0.3, 0.4) is 0 Å². The van der Waals surface area contributed by atoms with E-state index in [2.05, 4.69) is 4.98 Å². The number of nitro groups is 1. The predicted molar refractivity (Wildman–Crippen MR) is 76.4 cm³/mol. The number of hydrogen-bond acceptors (Lipinski definition) is 5. The molecule has 1 fully saturated rings. The first kappa shape index (κ1) is 15.7. The van der Waals surface area contributed by atoms with Gasteiger partial charge in [0.05, 0.1) is 29.2 Å². The van der Waals surface area contributed by atoms with E-state index >= 15 is 0 Å². The van der Waals surface area contributed by atoms with Gasteiger partial charge in [-0.25, -0.2) is 4.98 Å². The number of morpholine rings is 1. The van der Waals surface area contributed by atoms with E-state index in [1.165, 1.54) is 6.07 Å². The molecule has 0 saturated carbocycles.